The van der Waals surface area contributed by atoms with Gasteiger partial charge in [-0.1, -0.05) is 0 Å². The molecule has 0 bridgehead atoms. The van der Waals surface area contributed by atoms with Crippen LogP contribution >= 0.6 is 0 Å². The normalized spacial score (nSPS) is 24.8. The van der Waals surface area contributed by atoms with E-state index in [1.54, 1.807) is 35.6 Å². The number of halogens is 2. The second-order valence-corrected chi connectivity index (χ2v) is 6.93. The monoisotopic (exact) mass is 359 g/mol. The van der Waals surface area contributed by atoms with Gasteiger partial charge in [0.1, 0.15) is 5.82 Å². The molecule has 0 saturated carbocycles. The van der Waals surface area contributed by atoms with Crippen molar-refractivity contribution in [3.8, 4) is 0 Å². The molecule has 2 aliphatic rings. The number of aromatic nitrogens is 3. The van der Waals surface area contributed by atoms with Gasteiger partial charge in [-0.15, -0.1) is 0 Å². The van der Waals surface area contributed by atoms with Crippen molar-refractivity contribution in [3.05, 3.63) is 48.7 Å². The number of amides is 1. The fourth-order valence-electron chi connectivity index (χ4n) is 3.90. The molecule has 136 valence electrons. The third-order valence-electron chi connectivity index (χ3n) is 5.41. The van der Waals surface area contributed by atoms with E-state index in [0.29, 0.717) is 24.3 Å². The van der Waals surface area contributed by atoms with Gasteiger partial charge in [-0.3, -0.25) is 14.8 Å². The predicted octanol–water partition coefficient (Wildman–Crippen LogP) is 2.25. The summed E-state index contributed by atoms with van der Waals surface area (Å²) < 4.78 is 29.8. The Morgan fingerprint density at radius 1 is 1.00 bits per heavy atom. The molecule has 0 aromatic carbocycles. The van der Waals surface area contributed by atoms with Crippen molar-refractivity contribution in [2.75, 3.05) is 31.1 Å². The highest BCUT2D eigenvalue weighted by Gasteiger charge is 2.60. The number of anilines is 1. The number of pyridine rings is 1. The maximum atomic E-state index is 14.9. The molecule has 2 aromatic rings. The van der Waals surface area contributed by atoms with Gasteiger partial charge < -0.3 is 9.80 Å². The summed E-state index contributed by atoms with van der Waals surface area (Å²) >= 11 is 0. The number of rotatable bonds is 2. The van der Waals surface area contributed by atoms with Gasteiger partial charge in [0.15, 0.2) is 0 Å². The van der Waals surface area contributed by atoms with Crippen LogP contribution < -0.4 is 4.90 Å². The maximum absolute atomic E-state index is 14.9. The minimum Gasteiger partial charge on any atom is -0.354 e. The minimum atomic E-state index is -2.82. The molecular formula is C18H19F2N5O. The van der Waals surface area contributed by atoms with Crippen LogP contribution in [0.25, 0.3) is 0 Å². The van der Waals surface area contributed by atoms with E-state index in [1.807, 2.05) is 4.90 Å². The number of piperidine rings is 1. The number of nitrogens with zero attached hydrogens (tertiary/aromatic N) is 5. The summed E-state index contributed by atoms with van der Waals surface area (Å²) in [4.78, 5) is 28.2. The van der Waals surface area contributed by atoms with Gasteiger partial charge in [0, 0.05) is 63.0 Å². The molecule has 4 heterocycles. The summed E-state index contributed by atoms with van der Waals surface area (Å²) in [5.41, 5.74) is -0.782. The van der Waals surface area contributed by atoms with Crippen molar-refractivity contribution in [1.29, 1.82) is 0 Å². The van der Waals surface area contributed by atoms with Crippen molar-refractivity contribution in [2.24, 2.45) is 5.41 Å². The minimum absolute atomic E-state index is 0.0396. The average Bonchev–Trinajstić information content (AvgIpc) is 3.11. The molecule has 2 aliphatic heterocycles. The van der Waals surface area contributed by atoms with Crippen LogP contribution in [0.1, 0.15) is 23.2 Å². The molecule has 0 N–H and O–H groups in total. The highest BCUT2D eigenvalue weighted by Crippen LogP contribution is 2.50. The van der Waals surface area contributed by atoms with Crippen LogP contribution in [0.3, 0.4) is 0 Å². The zero-order valence-electron chi connectivity index (χ0n) is 14.2. The second kappa shape index (κ2) is 6.26. The van der Waals surface area contributed by atoms with Crippen LogP contribution in [-0.4, -0.2) is 57.9 Å². The van der Waals surface area contributed by atoms with Gasteiger partial charge in [0.25, 0.3) is 11.8 Å². The number of likely N-dealkylation sites (tertiary alicyclic amines) is 1. The molecule has 8 heteroatoms. The SMILES string of the molecule is O=C(c1ccncc1)N1CCC(F)(F)[C@@]2(CCN(c3cnccn3)C2)C1. The molecule has 0 unspecified atom stereocenters. The molecule has 2 saturated heterocycles. The largest absolute Gasteiger partial charge is 0.354 e. The summed E-state index contributed by atoms with van der Waals surface area (Å²) in [5, 5.41) is 0. The Morgan fingerprint density at radius 3 is 2.54 bits per heavy atom. The Morgan fingerprint density at radius 2 is 1.81 bits per heavy atom. The summed E-state index contributed by atoms with van der Waals surface area (Å²) in [5.74, 6) is -2.45. The van der Waals surface area contributed by atoms with E-state index in [9.17, 15) is 13.6 Å². The fourth-order valence-corrected chi connectivity index (χ4v) is 3.90. The third-order valence-corrected chi connectivity index (χ3v) is 5.41. The average molecular weight is 359 g/mol. The van der Waals surface area contributed by atoms with Gasteiger partial charge in [-0.05, 0) is 18.6 Å². The van der Waals surface area contributed by atoms with Gasteiger partial charge in [0.2, 0.25) is 0 Å². The van der Waals surface area contributed by atoms with Crippen LogP contribution in [0.5, 0.6) is 0 Å². The van der Waals surface area contributed by atoms with Crippen molar-refractivity contribution in [2.45, 2.75) is 18.8 Å². The second-order valence-electron chi connectivity index (χ2n) is 6.93. The zero-order chi connectivity index (χ0) is 18.2. The Balaban J connectivity index is 1.57. The standard InChI is InChI=1S/C18H19F2N5O/c19-18(20)4-10-25(16(26)14-1-5-21-6-2-14)13-17(18)3-9-24(12-17)15-11-22-7-8-23-15/h1-2,5-8,11H,3-4,9-10,12-13H2/t17-/m1/s1. The van der Waals surface area contributed by atoms with Crippen molar-refractivity contribution in [3.63, 3.8) is 0 Å². The van der Waals surface area contributed by atoms with Gasteiger partial charge in [-0.25, -0.2) is 13.8 Å². The van der Waals surface area contributed by atoms with E-state index >= 15 is 0 Å². The number of carbonyl (C=O) groups excluding carboxylic acids is 1. The van der Waals surface area contributed by atoms with E-state index in [2.05, 4.69) is 15.0 Å². The highest BCUT2D eigenvalue weighted by molar-refractivity contribution is 5.94. The lowest BCUT2D eigenvalue weighted by Crippen LogP contribution is -2.58. The van der Waals surface area contributed by atoms with Gasteiger partial charge in [-0.2, -0.15) is 0 Å². The van der Waals surface area contributed by atoms with Crippen molar-refractivity contribution in [1.82, 2.24) is 19.9 Å². The fraction of sp³-hybridized carbons (Fsp3) is 0.444. The molecule has 26 heavy (non-hydrogen) atoms. The molecule has 2 fully saturated rings. The van der Waals surface area contributed by atoms with Crippen LogP contribution in [0.2, 0.25) is 0 Å². The van der Waals surface area contributed by atoms with Crippen LogP contribution in [-0.2, 0) is 0 Å². The number of alkyl halides is 2. The molecule has 2 aromatic heterocycles. The Kier molecular flexibility index (Phi) is 4.05. The number of hydrogen-bond acceptors (Lipinski definition) is 5. The van der Waals surface area contributed by atoms with E-state index < -0.39 is 11.3 Å². The number of carbonyl (C=O) groups is 1. The number of hydrogen-bond donors (Lipinski definition) is 0. The van der Waals surface area contributed by atoms with Crippen LogP contribution in [0.15, 0.2) is 43.1 Å². The summed E-state index contributed by atoms with van der Waals surface area (Å²) in [6.07, 6.45) is 7.76. The Bertz CT molecular complexity index is 789. The lowest BCUT2D eigenvalue weighted by atomic mass is 9.75. The first-order chi connectivity index (χ1) is 12.5. The topological polar surface area (TPSA) is 62.2 Å². The molecule has 0 radical (unpaired) electrons. The smallest absolute Gasteiger partial charge is 0.258 e. The third kappa shape index (κ3) is 2.79. The van der Waals surface area contributed by atoms with Crippen LogP contribution in [0.4, 0.5) is 14.6 Å². The Labute approximate surface area is 149 Å². The van der Waals surface area contributed by atoms with Crippen LogP contribution in [0, 0.1) is 5.41 Å². The lowest BCUT2D eigenvalue weighted by Gasteiger charge is -2.45. The van der Waals surface area contributed by atoms with Crippen molar-refractivity contribution >= 4 is 11.7 Å². The molecule has 6 nitrogen and oxygen atoms in total. The lowest BCUT2D eigenvalue weighted by molar-refractivity contribution is -0.150. The Hall–Kier alpha value is -2.64. The van der Waals surface area contributed by atoms with E-state index in [-0.39, 0.29) is 32.0 Å². The van der Waals surface area contributed by atoms with E-state index in [4.69, 9.17) is 0 Å². The molecule has 1 amide bonds. The molecule has 1 spiro atoms. The summed E-state index contributed by atoms with van der Waals surface area (Å²) in [6.45, 7) is 0.739. The van der Waals surface area contributed by atoms with E-state index in [0.717, 1.165) is 0 Å². The first-order valence-corrected chi connectivity index (χ1v) is 8.59. The zero-order valence-corrected chi connectivity index (χ0v) is 14.2. The molecule has 1 atom stereocenters. The summed E-state index contributed by atoms with van der Waals surface area (Å²) in [7, 11) is 0. The first-order valence-electron chi connectivity index (χ1n) is 8.59. The first kappa shape index (κ1) is 16.8. The summed E-state index contributed by atoms with van der Waals surface area (Å²) in [6, 6.07) is 3.23. The van der Waals surface area contributed by atoms with E-state index in [1.165, 1.54) is 12.4 Å². The predicted molar refractivity (Wildman–Crippen MR) is 91.0 cm³/mol. The molecule has 0 aliphatic carbocycles. The van der Waals surface area contributed by atoms with Crippen molar-refractivity contribution < 1.29 is 13.6 Å². The van der Waals surface area contributed by atoms with Gasteiger partial charge >= 0.3 is 0 Å². The molecular weight excluding hydrogens is 340 g/mol. The molecule has 4 rings (SSSR count). The van der Waals surface area contributed by atoms with Gasteiger partial charge in [0.05, 0.1) is 11.6 Å². The maximum Gasteiger partial charge on any atom is 0.258 e. The quantitative estimate of drug-likeness (QED) is 0.823. The highest BCUT2D eigenvalue weighted by atomic mass is 19.3.